The van der Waals surface area contributed by atoms with Gasteiger partial charge in [-0.15, -0.1) is 0 Å². The Labute approximate surface area is 220 Å². The van der Waals surface area contributed by atoms with Gasteiger partial charge < -0.3 is 24.4 Å². The van der Waals surface area contributed by atoms with Crippen LogP contribution in [0.4, 0.5) is 0 Å². The highest BCUT2D eigenvalue weighted by molar-refractivity contribution is 6.46. The van der Waals surface area contributed by atoms with Crippen molar-refractivity contribution < 1.29 is 24.2 Å². The Morgan fingerprint density at radius 1 is 0.865 bits per heavy atom. The number of amides is 1. The number of Topliss-reactive ketones (excluding diaryl/α,β-unsaturated/α-hetero) is 1. The van der Waals surface area contributed by atoms with Gasteiger partial charge >= 0.3 is 0 Å². The van der Waals surface area contributed by atoms with Crippen molar-refractivity contribution in [2.75, 3.05) is 39.4 Å². The fourth-order valence-electron chi connectivity index (χ4n) is 4.51. The number of hydrogen-bond acceptors (Lipinski definition) is 6. The first kappa shape index (κ1) is 28.3. The van der Waals surface area contributed by atoms with E-state index in [1.165, 1.54) is 0 Å². The van der Waals surface area contributed by atoms with Crippen LogP contribution in [0.1, 0.15) is 64.1 Å². The maximum atomic E-state index is 13.3. The predicted octanol–water partition coefficient (Wildman–Crippen LogP) is 5.42. The van der Waals surface area contributed by atoms with Crippen LogP contribution in [-0.2, 0) is 9.59 Å². The van der Waals surface area contributed by atoms with Crippen LogP contribution in [0.3, 0.4) is 0 Å². The quantitative estimate of drug-likeness (QED) is 0.209. The molecular weight excluding hydrogens is 468 g/mol. The molecular formula is C30H40N2O5. The SMILES string of the molecule is CCCOc1ccc(C(O)=C2C(=O)C(=O)N(CCCN(CC)CC)[C@H]2c2ccc(OCCC)cc2)cc1. The Bertz CT molecular complexity index is 1060. The van der Waals surface area contributed by atoms with E-state index in [0.29, 0.717) is 31.1 Å². The lowest BCUT2D eigenvalue weighted by Gasteiger charge is -2.27. The topological polar surface area (TPSA) is 79.3 Å². The minimum absolute atomic E-state index is 0.109. The zero-order valence-corrected chi connectivity index (χ0v) is 22.5. The number of nitrogens with zero attached hydrogens (tertiary/aromatic N) is 2. The molecule has 0 aromatic heterocycles. The smallest absolute Gasteiger partial charge is 0.295 e. The van der Waals surface area contributed by atoms with Gasteiger partial charge in [0, 0.05) is 12.1 Å². The largest absolute Gasteiger partial charge is 0.507 e. The minimum atomic E-state index is -0.673. The number of rotatable bonds is 14. The van der Waals surface area contributed by atoms with E-state index in [0.717, 1.165) is 50.2 Å². The summed E-state index contributed by atoms with van der Waals surface area (Å²) in [6.07, 6.45) is 2.52. The highest BCUT2D eigenvalue weighted by Gasteiger charge is 2.45. The first-order valence-electron chi connectivity index (χ1n) is 13.4. The molecule has 1 aliphatic heterocycles. The molecule has 1 fully saturated rings. The Morgan fingerprint density at radius 3 is 1.92 bits per heavy atom. The standard InChI is InChI=1S/C30H40N2O5/c1-5-20-36-24-14-10-22(11-15-24)27-26(28(33)23-12-16-25(17-13-23)37-21-6-2)29(34)30(35)32(27)19-9-18-31(7-3)8-4/h10-17,27,33H,5-9,18-21H2,1-4H3/t27-/m0/s1. The summed E-state index contributed by atoms with van der Waals surface area (Å²) in [6.45, 7) is 12.6. The number of ether oxygens (including phenoxy) is 2. The molecule has 0 bridgehead atoms. The molecule has 2 aromatic carbocycles. The van der Waals surface area contributed by atoms with Crippen LogP contribution in [0.2, 0.25) is 0 Å². The summed E-state index contributed by atoms with van der Waals surface area (Å²) < 4.78 is 11.4. The third kappa shape index (κ3) is 6.92. The second-order valence-electron chi connectivity index (χ2n) is 9.16. The highest BCUT2D eigenvalue weighted by Crippen LogP contribution is 2.40. The molecule has 1 saturated heterocycles. The predicted molar refractivity (Wildman–Crippen MR) is 146 cm³/mol. The van der Waals surface area contributed by atoms with Crippen LogP contribution in [0, 0.1) is 0 Å². The van der Waals surface area contributed by atoms with Crippen LogP contribution in [0.25, 0.3) is 5.76 Å². The maximum absolute atomic E-state index is 13.3. The van der Waals surface area contributed by atoms with Gasteiger partial charge in [0.25, 0.3) is 11.7 Å². The van der Waals surface area contributed by atoms with Gasteiger partial charge in [0.1, 0.15) is 17.3 Å². The van der Waals surface area contributed by atoms with Crippen molar-refractivity contribution in [3.8, 4) is 11.5 Å². The molecule has 1 heterocycles. The summed E-state index contributed by atoms with van der Waals surface area (Å²) in [5.74, 6) is -0.00701. The Hall–Kier alpha value is -3.32. The Kier molecular flexibility index (Phi) is 10.6. The number of ketones is 1. The van der Waals surface area contributed by atoms with Crippen LogP contribution < -0.4 is 9.47 Å². The number of carbonyl (C=O) groups excluding carboxylic acids is 2. The molecule has 0 spiro atoms. The lowest BCUT2D eigenvalue weighted by atomic mass is 9.95. The van der Waals surface area contributed by atoms with Crippen molar-refractivity contribution in [3.05, 3.63) is 65.2 Å². The van der Waals surface area contributed by atoms with Crippen molar-refractivity contribution in [2.45, 2.75) is 53.0 Å². The molecule has 0 aliphatic carbocycles. The number of aliphatic hydroxyl groups excluding tert-OH is 1. The van der Waals surface area contributed by atoms with E-state index < -0.39 is 17.7 Å². The van der Waals surface area contributed by atoms with E-state index in [1.54, 1.807) is 29.2 Å². The lowest BCUT2D eigenvalue weighted by molar-refractivity contribution is -0.140. The second kappa shape index (κ2) is 13.8. The van der Waals surface area contributed by atoms with E-state index in [2.05, 4.69) is 18.7 Å². The summed E-state index contributed by atoms with van der Waals surface area (Å²) in [5, 5.41) is 11.3. The van der Waals surface area contributed by atoms with Gasteiger partial charge in [-0.3, -0.25) is 9.59 Å². The Morgan fingerprint density at radius 2 is 1.41 bits per heavy atom. The van der Waals surface area contributed by atoms with Crippen molar-refractivity contribution in [1.29, 1.82) is 0 Å². The highest BCUT2D eigenvalue weighted by atomic mass is 16.5. The average Bonchev–Trinajstić information content (AvgIpc) is 3.18. The van der Waals surface area contributed by atoms with Crippen LogP contribution in [-0.4, -0.2) is 66.0 Å². The fourth-order valence-corrected chi connectivity index (χ4v) is 4.51. The first-order chi connectivity index (χ1) is 17.9. The molecule has 0 unspecified atom stereocenters. The van der Waals surface area contributed by atoms with E-state index in [1.807, 2.05) is 38.1 Å². The van der Waals surface area contributed by atoms with Gasteiger partial charge in [0.05, 0.1) is 24.8 Å². The number of likely N-dealkylation sites (tertiary alicyclic amines) is 1. The lowest BCUT2D eigenvalue weighted by Crippen LogP contribution is -2.33. The minimum Gasteiger partial charge on any atom is -0.507 e. The molecule has 7 heteroatoms. The molecule has 1 aliphatic rings. The number of carbonyl (C=O) groups is 2. The third-order valence-electron chi connectivity index (χ3n) is 6.58. The van der Waals surface area contributed by atoms with E-state index in [9.17, 15) is 14.7 Å². The van der Waals surface area contributed by atoms with Gasteiger partial charge in [-0.25, -0.2) is 0 Å². The van der Waals surface area contributed by atoms with Gasteiger partial charge in [-0.2, -0.15) is 0 Å². The van der Waals surface area contributed by atoms with E-state index in [-0.39, 0.29) is 11.3 Å². The number of hydrogen-bond donors (Lipinski definition) is 1. The summed E-state index contributed by atoms with van der Waals surface area (Å²) >= 11 is 0. The number of aliphatic hydroxyl groups is 1. The number of benzene rings is 2. The second-order valence-corrected chi connectivity index (χ2v) is 9.16. The molecule has 1 amide bonds. The summed E-state index contributed by atoms with van der Waals surface area (Å²) in [4.78, 5) is 30.4. The summed E-state index contributed by atoms with van der Waals surface area (Å²) in [7, 11) is 0. The normalized spacial score (nSPS) is 17.0. The van der Waals surface area contributed by atoms with Crippen LogP contribution in [0.15, 0.2) is 54.1 Å². The van der Waals surface area contributed by atoms with Gasteiger partial charge in [-0.1, -0.05) is 39.8 Å². The molecule has 0 saturated carbocycles. The maximum Gasteiger partial charge on any atom is 0.295 e. The van der Waals surface area contributed by atoms with Crippen molar-refractivity contribution in [3.63, 3.8) is 0 Å². The zero-order valence-electron chi connectivity index (χ0n) is 22.5. The molecule has 200 valence electrons. The monoisotopic (exact) mass is 508 g/mol. The molecule has 0 radical (unpaired) electrons. The van der Waals surface area contributed by atoms with E-state index in [4.69, 9.17) is 9.47 Å². The summed E-state index contributed by atoms with van der Waals surface area (Å²) in [6, 6.07) is 13.7. The van der Waals surface area contributed by atoms with Crippen molar-refractivity contribution in [2.24, 2.45) is 0 Å². The third-order valence-corrected chi connectivity index (χ3v) is 6.58. The molecule has 37 heavy (non-hydrogen) atoms. The van der Waals surface area contributed by atoms with Crippen LogP contribution >= 0.6 is 0 Å². The van der Waals surface area contributed by atoms with Gasteiger partial charge in [0.15, 0.2) is 0 Å². The summed E-state index contributed by atoms with van der Waals surface area (Å²) in [5.41, 5.74) is 1.34. The average molecular weight is 509 g/mol. The van der Waals surface area contributed by atoms with Crippen molar-refractivity contribution in [1.82, 2.24) is 9.80 Å². The zero-order chi connectivity index (χ0) is 26.8. The van der Waals surface area contributed by atoms with Crippen molar-refractivity contribution >= 4 is 17.4 Å². The molecule has 1 N–H and O–H groups in total. The first-order valence-corrected chi connectivity index (χ1v) is 13.4. The van der Waals surface area contributed by atoms with Gasteiger partial charge in [-0.05, 0) is 80.9 Å². The Balaban J connectivity index is 1.97. The molecule has 7 nitrogen and oxygen atoms in total. The van der Waals surface area contributed by atoms with E-state index >= 15 is 0 Å². The van der Waals surface area contributed by atoms with Crippen LogP contribution in [0.5, 0.6) is 11.5 Å². The molecule has 3 rings (SSSR count). The fraction of sp³-hybridized carbons (Fsp3) is 0.467. The molecule has 1 atom stereocenters. The molecule has 2 aromatic rings. The van der Waals surface area contributed by atoms with Gasteiger partial charge in [0.2, 0.25) is 0 Å².